The van der Waals surface area contributed by atoms with E-state index < -0.39 is 11.6 Å². The number of aromatic nitrogens is 2. The van der Waals surface area contributed by atoms with Crippen LogP contribution in [0.2, 0.25) is 0 Å². The second-order valence-corrected chi connectivity index (χ2v) is 4.59. The molecule has 0 bridgehead atoms. The number of thioether (sulfide) groups is 1. The third kappa shape index (κ3) is 3.23. The Balaban J connectivity index is 2.07. The molecule has 0 radical (unpaired) electrons. The summed E-state index contributed by atoms with van der Waals surface area (Å²) in [6.45, 7) is 2.13. The summed E-state index contributed by atoms with van der Waals surface area (Å²) in [5.41, 5.74) is 0.337. The molecular weight excluding hydrogens is 272 g/mol. The maximum atomic E-state index is 13.5. The van der Waals surface area contributed by atoms with E-state index in [1.54, 1.807) is 6.26 Å². The molecule has 0 aliphatic carbocycles. The minimum Gasteiger partial charge on any atom is -0.423 e. The Labute approximate surface area is 113 Å². The minimum atomic E-state index is -0.588. The second kappa shape index (κ2) is 6.01. The van der Waals surface area contributed by atoms with Crippen molar-refractivity contribution in [2.75, 3.05) is 11.6 Å². The van der Waals surface area contributed by atoms with Crippen molar-refractivity contribution in [1.29, 1.82) is 0 Å². The predicted octanol–water partition coefficient (Wildman–Crippen LogP) is 3.24. The van der Waals surface area contributed by atoms with Gasteiger partial charge in [-0.1, -0.05) is 6.92 Å². The zero-order valence-electron chi connectivity index (χ0n) is 10.5. The fraction of sp³-hybridized carbons (Fsp3) is 0.333. The molecule has 19 heavy (non-hydrogen) atoms. The van der Waals surface area contributed by atoms with Crippen LogP contribution in [0.3, 0.4) is 0 Å². The van der Waals surface area contributed by atoms with Crippen LogP contribution in [0.15, 0.2) is 21.4 Å². The molecule has 2 aromatic rings. The van der Waals surface area contributed by atoms with E-state index >= 15 is 0 Å². The van der Waals surface area contributed by atoms with Crippen molar-refractivity contribution in [3.8, 4) is 0 Å². The highest BCUT2D eigenvalue weighted by Crippen LogP contribution is 2.26. The lowest BCUT2D eigenvalue weighted by Crippen LogP contribution is -2.01. The van der Waals surface area contributed by atoms with E-state index in [0.29, 0.717) is 23.9 Å². The molecule has 2 rings (SSSR count). The van der Waals surface area contributed by atoms with Crippen molar-refractivity contribution < 1.29 is 13.2 Å². The van der Waals surface area contributed by atoms with Gasteiger partial charge in [-0.2, -0.15) is 0 Å². The molecule has 102 valence electrons. The molecule has 0 unspecified atom stereocenters. The Hall–Kier alpha value is -1.63. The Morgan fingerprint density at radius 3 is 2.37 bits per heavy atom. The van der Waals surface area contributed by atoms with Crippen molar-refractivity contribution in [3.05, 3.63) is 35.5 Å². The first-order valence-electron chi connectivity index (χ1n) is 5.72. The van der Waals surface area contributed by atoms with Crippen molar-refractivity contribution in [2.45, 2.75) is 24.8 Å². The fourth-order valence-electron chi connectivity index (χ4n) is 1.54. The van der Waals surface area contributed by atoms with Crippen LogP contribution in [-0.2, 0) is 13.0 Å². The summed E-state index contributed by atoms with van der Waals surface area (Å²) in [4.78, 5) is 0.0107. The highest BCUT2D eigenvalue weighted by Gasteiger charge is 2.11. The van der Waals surface area contributed by atoms with E-state index in [9.17, 15) is 8.78 Å². The smallest absolute Gasteiger partial charge is 0.235 e. The largest absolute Gasteiger partial charge is 0.423 e. The van der Waals surface area contributed by atoms with E-state index in [1.165, 1.54) is 12.1 Å². The number of nitrogens with zero attached hydrogens (tertiary/aromatic N) is 2. The average Bonchev–Trinajstić information content (AvgIpc) is 2.84. The van der Waals surface area contributed by atoms with E-state index in [2.05, 4.69) is 15.5 Å². The number of rotatable bonds is 5. The van der Waals surface area contributed by atoms with Gasteiger partial charge in [0, 0.05) is 12.1 Å². The normalized spacial score (nSPS) is 10.7. The Morgan fingerprint density at radius 1 is 1.21 bits per heavy atom. The van der Waals surface area contributed by atoms with E-state index in [-0.39, 0.29) is 11.4 Å². The molecule has 0 amide bonds. The van der Waals surface area contributed by atoms with Crippen LogP contribution in [-0.4, -0.2) is 16.5 Å². The predicted molar refractivity (Wildman–Crippen MR) is 69.1 cm³/mol. The minimum absolute atomic E-state index is 0.0107. The Kier molecular flexibility index (Phi) is 4.36. The summed E-state index contributed by atoms with van der Waals surface area (Å²) in [6, 6.07) is 2.48. The maximum absolute atomic E-state index is 13.5. The highest BCUT2D eigenvalue weighted by atomic mass is 32.2. The fourth-order valence-corrected chi connectivity index (χ4v) is 2.05. The molecule has 1 heterocycles. The molecule has 0 spiro atoms. The molecule has 0 saturated heterocycles. The lowest BCUT2D eigenvalue weighted by atomic mass is 10.3. The number of nitrogens with one attached hydrogen (secondary N) is 1. The van der Waals surface area contributed by atoms with Gasteiger partial charge in [-0.3, -0.25) is 0 Å². The summed E-state index contributed by atoms with van der Waals surface area (Å²) in [5.74, 6) is -0.261. The summed E-state index contributed by atoms with van der Waals surface area (Å²) in [6.07, 6.45) is 2.28. The summed E-state index contributed by atoms with van der Waals surface area (Å²) >= 11 is 1.03. The van der Waals surface area contributed by atoms with Crippen molar-refractivity contribution in [2.24, 2.45) is 0 Å². The van der Waals surface area contributed by atoms with Crippen LogP contribution in [0.5, 0.6) is 0 Å². The lowest BCUT2D eigenvalue weighted by molar-refractivity contribution is 0.460. The average molecular weight is 285 g/mol. The maximum Gasteiger partial charge on any atom is 0.235 e. The van der Waals surface area contributed by atoms with Gasteiger partial charge in [0.2, 0.25) is 11.8 Å². The topological polar surface area (TPSA) is 51.0 Å². The number of benzene rings is 1. The van der Waals surface area contributed by atoms with E-state index in [4.69, 9.17) is 4.42 Å². The molecule has 1 N–H and O–H groups in total. The number of anilines is 1. The molecule has 0 atom stereocenters. The van der Waals surface area contributed by atoms with Gasteiger partial charge in [0.05, 0.1) is 11.4 Å². The Bertz CT molecular complexity index is 551. The van der Waals surface area contributed by atoms with Crippen molar-refractivity contribution in [3.63, 3.8) is 0 Å². The monoisotopic (exact) mass is 285 g/mol. The van der Waals surface area contributed by atoms with Gasteiger partial charge in [-0.25, -0.2) is 8.78 Å². The number of aryl methyl sites for hydroxylation is 1. The van der Waals surface area contributed by atoms with Gasteiger partial charge in [0.1, 0.15) is 11.6 Å². The molecular formula is C12H13F2N3OS. The molecule has 1 aromatic heterocycles. The van der Waals surface area contributed by atoms with Gasteiger partial charge >= 0.3 is 0 Å². The van der Waals surface area contributed by atoms with Crippen LogP contribution in [0.1, 0.15) is 18.7 Å². The van der Waals surface area contributed by atoms with Crippen LogP contribution in [0.25, 0.3) is 0 Å². The quantitative estimate of drug-likeness (QED) is 0.855. The Morgan fingerprint density at radius 2 is 1.84 bits per heavy atom. The van der Waals surface area contributed by atoms with Gasteiger partial charge in [0.25, 0.3) is 0 Å². The van der Waals surface area contributed by atoms with Crippen molar-refractivity contribution >= 4 is 17.4 Å². The molecule has 0 aliphatic heterocycles. The summed E-state index contributed by atoms with van der Waals surface area (Å²) in [7, 11) is 0. The van der Waals surface area contributed by atoms with Gasteiger partial charge in [-0.15, -0.1) is 22.0 Å². The first kappa shape index (κ1) is 13.8. The molecule has 0 aliphatic rings. The number of halogens is 2. The molecule has 4 nitrogen and oxygen atoms in total. The van der Waals surface area contributed by atoms with Crippen LogP contribution < -0.4 is 5.32 Å². The number of hydrogen-bond donors (Lipinski definition) is 1. The molecule has 0 fully saturated rings. The highest BCUT2D eigenvalue weighted by molar-refractivity contribution is 7.98. The summed E-state index contributed by atoms with van der Waals surface area (Å²) < 4.78 is 32.4. The zero-order chi connectivity index (χ0) is 13.8. The molecule has 7 heteroatoms. The van der Waals surface area contributed by atoms with Gasteiger partial charge < -0.3 is 9.73 Å². The lowest BCUT2D eigenvalue weighted by Gasteiger charge is -2.07. The van der Waals surface area contributed by atoms with Gasteiger partial charge in [-0.05, 0) is 18.4 Å². The van der Waals surface area contributed by atoms with Crippen LogP contribution >= 0.6 is 11.8 Å². The van der Waals surface area contributed by atoms with E-state index in [0.717, 1.165) is 11.8 Å². The molecule has 1 aromatic carbocycles. The summed E-state index contributed by atoms with van der Waals surface area (Å²) in [5, 5.41) is 10.5. The van der Waals surface area contributed by atoms with E-state index in [1.807, 2.05) is 6.92 Å². The third-order valence-electron chi connectivity index (χ3n) is 2.46. The first-order valence-corrected chi connectivity index (χ1v) is 6.94. The second-order valence-electron chi connectivity index (χ2n) is 3.77. The van der Waals surface area contributed by atoms with Crippen LogP contribution in [0.4, 0.5) is 14.5 Å². The molecule has 0 saturated carbocycles. The third-order valence-corrected chi connectivity index (χ3v) is 3.26. The van der Waals surface area contributed by atoms with Gasteiger partial charge in [0.15, 0.2) is 0 Å². The van der Waals surface area contributed by atoms with Crippen LogP contribution in [0, 0.1) is 11.6 Å². The van der Waals surface area contributed by atoms with Crippen molar-refractivity contribution in [1.82, 2.24) is 10.2 Å². The SMILES string of the molecule is CCc1nnc(CNc2cc(F)c(SC)c(F)c2)o1. The zero-order valence-corrected chi connectivity index (χ0v) is 11.4. The first-order chi connectivity index (χ1) is 9.13. The standard InChI is InChI=1S/C12H13F2N3OS/c1-3-10-16-17-11(18-10)6-15-7-4-8(13)12(19-2)9(14)5-7/h4-5,15H,3,6H2,1-2H3. The number of hydrogen-bond acceptors (Lipinski definition) is 5.